The Labute approximate surface area is 136 Å². The number of methoxy groups -OCH3 is 1. The van der Waals surface area contributed by atoms with Crippen molar-refractivity contribution in [2.75, 3.05) is 20.2 Å². The van der Waals surface area contributed by atoms with E-state index in [0.29, 0.717) is 0 Å². The second-order valence-corrected chi connectivity index (χ2v) is 6.83. The van der Waals surface area contributed by atoms with Crippen molar-refractivity contribution in [3.8, 4) is 5.75 Å². The molecule has 3 aliphatic rings. The summed E-state index contributed by atoms with van der Waals surface area (Å²) in [4.78, 5) is 2.55. The van der Waals surface area contributed by atoms with Crippen LogP contribution in [0.3, 0.4) is 0 Å². The molecule has 2 bridgehead atoms. The first-order valence-corrected chi connectivity index (χ1v) is 8.25. The molecule has 0 unspecified atom stereocenters. The van der Waals surface area contributed by atoms with E-state index >= 15 is 0 Å². The van der Waals surface area contributed by atoms with Gasteiger partial charge in [0.05, 0.1) is 7.11 Å². The Bertz CT molecular complexity index is 704. The van der Waals surface area contributed by atoms with Gasteiger partial charge in [0, 0.05) is 17.0 Å². The molecule has 3 heterocycles. The Morgan fingerprint density at radius 3 is 2.64 bits per heavy atom. The Balaban J connectivity index is 1.92. The van der Waals surface area contributed by atoms with Gasteiger partial charge in [-0.3, -0.25) is 4.90 Å². The molecule has 0 amide bonds. The molecule has 0 saturated carbocycles. The van der Waals surface area contributed by atoms with Crippen molar-refractivity contribution in [2.24, 2.45) is 0 Å². The number of benzene rings is 2. The fourth-order valence-corrected chi connectivity index (χ4v) is 4.32. The minimum absolute atomic E-state index is 0.0967. The number of hydrogen-bond acceptors (Lipinski definition) is 2. The van der Waals surface area contributed by atoms with Gasteiger partial charge >= 0.3 is 0 Å². The molecular weight excluding hydrogens is 294 g/mol. The molecule has 3 heteroatoms. The first-order chi connectivity index (χ1) is 10.7. The molecule has 2 aromatic rings. The van der Waals surface area contributed by atoms with Crippen molar-refractivity contribution in [2.45, 2.75) is 24.8 Å². The third-order valence-corrected chi connectivity index (χ3v) is 5.54. The van der Waals surface area contributed by atoms with Gasteiger partial charge in [0.15, 0.2) is 0 Å². The van der Waals surface area contributed by atoms with Crippen LogP contribution in [0.25, 0.3) is 0 Å². The average Bonchev–Trinajstić information content (AvgIpc) is 2.81. The maximum Gasteiger partial charge on any atom is 0.119 e. The molecular formula is C19H20ClNO. The predicted molar refractivity (Wildman–Crippen MR) is 89.7 cm³/mol. The highest BCUT2D eigenvalue weighted by molar-refractivity contribution is 6.30. The molecule has 0 spiro atoms. The first-order valence-electron chi connectivity index (χ1n) is 7.87. The highest BCUT2D eigenvalue weighted by Crippen LogP contribution is 2.47. The van der Waals surface area contributed by atoms with Crippen LogP contribution < -0.4 is 4.74 Å². The smallest absolute Gasteiger partial charge is 0.119 e. The number of ether oxygens (including phenoxy) is 1. The average molecular weight is 314 g/mol. The molecule has 0 aliphatic carbocycles. The third kappa shape index (κ3) is 2.13. The topological polar surface area (TPSA) is 12.5 Å². The molecule has 0 atom stereocenters. The maximum absolute atomic E-state index is 6.28. The molecule has 0 aromatic heterocycles. The van der Waals surface area contributed by atoms with Crippen LogP contribution in [0.4, 0.5) is 0 Å². The van der Waals surface area contributed by atoms with Crippen LogP contribution in [0.5, 0.6) is 5.75 Å². The van der Waals surface area contributed by atoms with E-state index in [9.17, 15) is 0 Å². The van der Waals surface area contributed by atoms with Crippen LogP contribution in [0, 0.1) is 0 Å². The van der Waals surface area contributed by atoms with Gasteiger partial charge in [0.1, 0.15) is 5.75 Å². The Kier molecular flexibility index (Phi) is 3.39. The lowest BCUT2D eigenvalue weighted by molar-refractivity contribution is 0.190. The van der Waals surface area contributed by atoms with Gasteiger partial charge in [0.25, 0.3) is 0 Å². The van der Waals surface area contributed by atoms with E-state index in [1.165, 1.54) is 16.7 Å². The first kappa shape index (κ1) is 14.1. The predicted octanol–water partition coefficient (Wildman–Crippen LogP) is 4.24. The summed E-state index contributed by atoms with van der Waals surface area (Å²) in [6.07, 6.45) is 2.32. The Morgan fingerprint density at radius 2 is 1.91 bits per heavy atom. The fraction of sp³-hybridized carbons (Fsp3) is 0.368. The van der Waals surface area contributed by atoms with Gasteiger partial charge in [0.2, 0.25) is 0 Å². The highest BCUT2D eigenvalue weighted by Gasteiger charge is 2.42. The van der Waals surface area contributed by atoms with E-state index in [-0.39, 0.29) is 5.41 Å². The highest BCUT2D eigenvalue weighted by atomic mass is 35.5. The second-order valence-electron chi connectivity index (χ2n) is 6.39. The van der Waals surface area contributed by atoms with Crippen LogP contribution >= 0.6 is 11.6 Å². The van der Waals surface area contributed by atoms with E-state index in [1.807, 2.05) is 6.07 Å². The van der Waals surface area contributed by atoms with Gasteiger partial charge in [-0.1, -0.05) is 29.8 Å². The van der Waals surface area contributed by atoms with Crippen molar-refractivity contribution in [3.63, 3.8) is 0 Å². The summed E-state index contributed by atoms with van der Waals surface area (Å²) in [6.45, 7) is 3.31. The minimum Gasteiger partial charge on any atom is -0.497 e. The summed E-state index contributed by atoms with van der Waals surface area (Å²) in [6, 6.07) is 15.0. The zero-order chi connectivity index (χ0) is 15.2. The van der Waals surface area contributed by atoms with Gasteiger partial charge in [-0.2, -0.15) is 0 Å². The van der Waals surface area contributed by atoms with Crippen LogP contribution in [0.1, 0.15) is 29.5 Å². The van der Waals surface area contributed by atoms with Crippen LogP contribution in [0.2, 0.25) is 5.02 Å². The summed E-state index contributed by atoms with van der Waals surface area (Å²) in [5, 5.41) is 0.827. The zero-order valence-corrected chi connectivity index (χ0v) is 13.6. The largest absolute Gasteiger partial charge is 0.497 e. The molecule has 1 fully saturated rings. The molecule has 3 aliphatic heterocycles. The molecule has 1 saturated heterocycles. The Morgan fingerprint density at radius 1 is 1.09 bits per heavy atom. The van der Waals surface area contributed by atoms with Crippen LogP contribution in [-0.2, 0) is 12.0 Å². The van der Waals surface area contributed by atoms with Crippen molar-refractivity contribution < 1.29 is 4.74 Å². The Hall–Kier alpha value is -1.51. The monoisotopic (exact) mass is 313 g/mol. The summed E-state index contributed by atoms with van der Waals surface area (Å²) in [5.41, 5.74) is 4.30. The van der Waals surface area contributed by atoms with Crippen LogP contribution in [0.15, 0.2) is 42.5 Å². The maximum atomic E-state index is 6.28. The quantitative estimate of drug-likeness (QED) is 0.822. The van der Waals surface area contributed by atoms with Gasteiger partial charge in [-0.25, -0.2) is 0 Å². The molecule has 2 nitrogen and oxygen atoms in total. The number of rotatable bonds is 2. The van der Waals surface area contributed by atoms with Crippen molar-refractivity contribution in [1.82, 2.24) is 4.90 Å². The lowest BCUT2D eigenvalue weighted by Gasteiger charge is -2.39. The summed E-state index contributed by atoms with van der Waals surface area (Å²) in [5.74, 6) is 0.947. The normalized spacial score (nSPS) is 26.4. The lowest BCUT2D eigenvalue weighted by atomic mass is 9.68. The van der Waals surface area contributed by atoms with Gasteiger partial charge in [-0.05, 0) is 66.9 Å². The molecule has 22 heavy (non-hydrogen) atoms. The van der Waals surface area contributed by atoms with E-state index in [2.05, 4.69) is 41.3 Å². The molecule has 5 rings (SSSR count). The number of nitrogens with zero attached hydrogens (tertiary/aromatic N) is 1. The van der Waals surface area contributed by atoms with Crippen molar-refractivity contribution >= 4 is 11.6 Å². The van der Waals surface area contributed by atoms with Crippen LogP contribution in [-0.4, -0.2) is 25.1 Å². The summed E-state index contributed by atoms with van der Waals surface area (Å²) >= 11 is 6.28. The molecule has 0 N–H and O–H groups in total. The van der Waals surface area contributed by atoms with Crippen molar-refractivity contribution in [1.29, 1.82) is 0 Å². The second kappa shape index (κ2) is 5.29. The molecule has 2 aromatic carbocycles. The SMILES string of the molecule is COc1ccc2c(c1)CN1CCC2(c2cccc(Cl)c2)CC1. The summed E-state index contributed by atoms with van der Waals surface area (Å²) in [7, 11) is 1.74. The number of halogens is 1. The summed E-state index contributed by atoms with van der Waals surface area (Å²) < 4.78 is 5.43. The van der Waals surface area contributed by atoms with E-state index in [0.717, 1.165) is 43.2 Å². The minimum atomic E-state index is 0.0967. The lowest BCUT2D eigenvalue weighted by Crippen LogP contribution is -2.39. The zero-order valence-electron chi connectivity index (χ0n) is 12.8. The third-order valence-electron chi connectivity index (χ3n) is 5.31. The van der Waals surface area contributed by atoms with E-state index < -0.39 is 0 Å². The number of hydrogen-bond donors (Lipinski definition) is 0. The molecule has 0 radical (unpaired) electrons. The number of fused-ring (bicyclic) bond motifs is 2. The van der Waals surface area contributed by atoms with E-state index in [1.54, 1.807) is 7.11 Å². The van der Waals surface area contributed by atoms with Crippen molar-refractivity contribution in [3.05, 3.63) is 64.2 Å². The van der Waals surface area contributed by atoms with Gasteiger partial charge < -0.3 is 4.74 Å². The van der Waals surface area contributed by atoms with E-state index in [4.69, 9.17) is 16.3 Å². The fourth-order valence-electron chi connectivity index (χ4n) is 4.13. The van der Waals surface area contributed by atoms with Gasteiger partial charge in [-0.15, -0.1) is 0 Å². The molecule has 114 valence electrons. The number of piperidine rings is 1. The standard InChI is InChI=1S/C19H20ClNO/c1-22-17-5-6-18-14(11-17)13-21-9-7-19(18,8-10-21)15-3-2-4-16(20)12-15/h2-6,11-12H,7-10,13H2,1H3.